The number of rotatable bonds is 7. The minimum absolute atomic E-state index is 0.0218. The van der Waals surface area contributed by atoms with Crippen molar-refractivity contribution in [3.63, 3.8) is 0 Å². The second-order valence-electron chi connectivity index (χ2n) is 11.0. The van der Waals surface area contributed by atoms with Crippen molar-refractivity contribution in [1.82, 2.24) is 35.8 Å². The summed E-state index contributed by atoms with van der Waals surface area (Å²) in [6, 6.07) is 12.2. The molecule has 45 heavy (non-hydrogen) atoms. The molecule has 3 heterocycles. The van der Waals surface area contributed by atoms with Gasteiger partial charge in [-0.1, -0.05) is 30.3 Å². The van der Waals surface area contributed by atoms with Gasteiger partial charge in [-0.2, -0.15) is 5.10 Å². The van der Waals surface area contributed by atoms with E-state index in [1.165, 1.54) is 23.6 Å². The van der Waals surface area contributed by atoms with E-state index in [-0.39, 0.29) is 54.2 Å². The number of carbonyl (C=O) groups is 3. The molecule has 0 saturated carbocycles. The molecule has 0 spiro atoms. The van der Waals surface area contributed by atoms with Crippen molar-refractivity contribution >= 4 is 29.0 Å². The SMILES string of the molecule is Nc1c(N2CC(=O)c3ccc(CNC(=O)c4cc(C(=O)N[C@H]5CCc6cc(-c7ncn[nH]7)ccc65)ncn4)cc3C2)c(=O)c1=O. The highest BCUT2D eigenvalue weighted by molar-refractivity contribution is 6.02. The number of aromatic amines is 1. The minimum Gasteiger partial charge on any atom is -0.394 e. The van der Waals surface area contributed by atoms with Gasteiger partial charge in [-0.3, -0.25) is 29.1 Å². The molecular weight excluding hydrogens is 578 g/mol. The zero-order valence-corrected chi connectivity index (χ0v) is 23.7. The topological polar surface area (TPSA) is 206 Å². The Labute approximate surface area is 254 Å². The average molecular weight is 604 g/mol. The van der Waals surface area contributed by atoms with Crippen LogP contribution in [0.1, 0.15) is 66.1 Å². The molecule has 5 N–H and O–H groups in total. The molecule has 1 aliphatic heterocycles. The summed E-state index contributed by atoms with van der Waals surface area (Å²) in [4.78, 5) is 76.1. The Kier molecular flexibility index (Phi) is 6.72. The molecule has 3 aromatic carbocycles. The molecular formula is C31H25N9O5. The maximum absolute atomic E-state index is 13.1. The third-order valence-corrected chi connectivity index (χ3v) is 8.20. The van der Waals surface area contributed by atoms with Crippen LogP contribution < -0.4 is 32.1 Å². The first-order chi connectivity index (χ1) is 21.8. The molecule has 0 radical (unpaired) electrons. The van der Waals surface area contributed by atoms with E-state index in [1.807, 2.05) is 18.2 Å². The summed E-state index contributed by atoms with van der Waals surface area (Å²) < 4.78 is 0. The van der Waals surface area contributed by atoms with Crippen molar-refractivity contribution in [3.05, 3.63) is 115 Å². The van der Waals surface area contributed by atoms with Gasteiger partial charge in [-0.25, -0.2) is 15.0 Å². The lowest BCUT2D eigenvalue weighted by molar-refractivity contribution is 0.0930. The Bertz CT molecular complexity index is 2080. The number of aryl methyl sites for hydroxylation is 1. The van der Waals surface area contributed by atoms with E-state index in [0.717, 1.165) is 29.5 Å². The van der Waals surface area contributed by atoms with Crippen LogP contribution in [0.2, 0.25) is 0 Å². The molecule has 1 atom stereocenters. The fourth-order valence-electron chi connectivity index (χ4n) is 5.92. The quantitative estimate of drug-likeness (QED) is 0.193. The van der Waals surface area contributed by atoms with Gasteiger partial charge in [0, 0.05) is 30.3 Å². The first-order valence-corrected chi connectivity index (χ1v) is 14.1. The van der Waals surface area contributed by atoms with Crippen LogP contribution in [0.15, 0.2) is 64.7 Å². The van der Waals surface area contributed by atoms with Crippen LogP contribution in [0.3, 0.4) is 0 Å². The van der Waals surface area contributed by atoms with Crippen molar-refractivity contribution in [2.75, 3.05) is 17.2 Å². The Morgan fingerprint density at radius 1 is 0.911 bits per heavy atom. The van der Waals surface area contributed by atoms with Crippen LogP contribution in [0.25, 0.3) is 11.4 Å². The number of ketones is 1. The number of nitrogens with zero attached hydrogens (tertiary/aromatic N) is 5. The minimum atomic E-state index is -0.743. The number of nitrogens with one attached hydrogen (secondary N) is 3. The lowest BCUT2D eigenvalue weighted by Crippen LogP contribution is -2.46. The van der Waals surface area contributed by atoms with E-state index in [9.17, 15) is 24.0 Å². The third-order valence-electron chi connectivity index (χ3n) is 8.20. The molecule has 5 aromatic rings. The van der Waals surface area contributed by atoms with E-state index in [2.05, 4.69) is 35.8 Å². The van der Waals surface area contributed by atoms with E-state index in [1.54, 1.807) is 18.2 Å². The third kappa shape index (κ3) is 5.01. The van der Waals surface area contributed by atoms with Gasteiger partial charge in [0.05, 0.1) is 12.6 Å². The number of nitrogens with two attached hydrogens (primary N) is 1. The number of Topliss-reactive ketones (excluding diaryl/α,β-unsaturated/α-hetero) is 1. The molecule has 2 aliphatic rings. The van der Waals surface area contributed by atoms with Crippen molar-refractivity contribution < 1.29 is 14.4 Å². The van der Waals surface area contributed by atoms with Crippen molar-refractivity contribution in [3.8, 4) is 11.4 Å². The number of carbonyl (C=O) groups excluding carboxylic acids is 3. The molecule has 0 saturated heterocycles. The smallest absolute Gasteiger partial charge is 0.270 e. The van der Waals surface area contributed by atoms with Crippen LogP contribution in [-0.4, -0.2) is 49.3 Å². The zero-order valence-electron chi connectivity index (χ0n) is 23.7. The molecule has 0 unspecified atom stereocenters. The highest BCUT2D eigenvalue weighted by atomic mass is 16.2. The highest BCUT2D eigenvalue weighted by Crippen LogP contribution is 2.34. The van der Waals surface area contributed by atoms with E-state index in [0.29, 0.717) is 22.5 Å². The summed E-state index contributed by atoms with van der Waals surface area (Å²) in [6.07, 6.45) is 4.14. The lowest BCUT2D eigenvalue weighted by atomic mass is 9.95. The number of benzene rings is 2. The molecule has 0 bridgehead atoms. The average Bonchev–Trinajstić information content (AvgIpc) is 3.74. The normalized spacial score (nSPS) is 15.5. The molecule has 0 fully saturated rings. The monoisotopic (exact) mass is 603 g/mol. The maximum atomic E-state index is 13.1. The van der Waals surface area contributed by atoms with Crippen LogP contribution in [0.5, 0.6) is 0 Å². The Morgan fingerprint density at radius 3 is 2.51 bits per heavy atom. The number of hydrogen-bond acceptors (Lipinski definition) is 11. The Morgan fingerprint density at radius 2 is 1.73 bits per heavy atom. The molecule has 224 valence electrons. The van der Waals surface area contributed by atoms with Crippen LogP contribution in [0.4, 0.5) is 11.4 Å². The summed E-state index contributed by atoms with van der Waals surface area (Å²) >= 11 is 0. The fourth-order valence-corrected chi connectivity index (χ4v) is 5.92. The van der Waals surface area contributed by atoms with Gasteiger partial charge in [0.1, 0.15) is 35.4 Å². The second kappa shape index (κ2) is 10.9. The van der Waals surface area contributed by atoms with E-state index >= 15 is 0 Å². The molecule has 14 nitrogen and oxygen atoms in total. The number of amides is 2. The predicted octanol–water partition coefficient (Wildman–Crippen LogP) is 0.990. The first-order valence-electron chi connectivity index (χ1n) is 14.1. The summed E-state index contributed by atoms with van der Waals surface area (Å²) in [5.41, 5.74) is 9.17. The number of hydrogen-bond donors (Lipinski definition) is 4. The number of aromatic nitrogens is 5. The summed E-state index contributed by atoms with van der Waals surface area (Å²) in [5, 5.41) is 12.5. The number of nitrogen functional groups attached to an aromatic ring is 1. The van der Waals surface area contributed by atoms with Gasteiger partial charge >= 0.3 is 0 Å². The van der Waals surface area contributed by atoms with Gasteiger partial charge in [0.15, 0.2) is 11.6 Å². The second-order valence-corrected chi connectivity index (χ2v) is 11.0. The van der Waals surface area contributed by atoms with Crippen LogP contribution in [-0.2, 0) is 19.5 Å². The van der Waals surface area contributed by atoms with Crippen molar-refractivity contribution in [1.29, 1.82) is 0 Å². The van der Waals surface area contributed by atoms with Gasteiger partial charge in [0.25, 0.3) is 22.7 Å². The lowest BCUT2D eigenvalue weighted by Gasteiger charge is -2.31. The van der Waals surface area contributed by atoms with Gasteiger partial charge in [-0.15, -0.1) is 0 Å². The van der Waals surface area contributed by atoms with E-state index < -0.39 is 22.7 Å². The number of anilines is 2. The summed E-state index contributed by atoms with van der Waals surface area (Å²) in [7, 11) is 0. The van der Waals surface area contributed by atoms with Crippen molar-refractivity contribution in [2.24, 2.45) is 0 Å². The van der Waals surface area contributed by atoms with Gasteiger partial charge in [0.2, 0.25) is 0 Å². The molecule has 7 rings (SSSR count). The molecule has 1 aliphatic carbocycles. The van der Waals surface area contributed by atoms with Crippen LogP contribution >= 0.6 is 0 Å². The summed E-state index contributed by atoms with van der Waals surface area (Å²) in [6.45, 7) is 0.277. The maximum Gasteiger partial charge on any atom is 0.270 e. The van der Waals surface area contributed by atoms with Crippen molar-refractivity contribution in [2.45, 2.75) is 32.0 Å². The number of fused-ring (bicyclic) bond motifs is 2. The van der Waals surface area contributed by atoms with E-state index in [4.69, 9.17) is 5.73 Å². The zero-order chi connectivity index (χ0) is 31.2. The Balaban J connectivity index is 0.997. The largest absolute Gasteiger partial charge is 0.394 e. The predicted molar refractivity (Wildman–Crippen MR) is 161 cm³/mol. The first kappa shape index (κ1) is 27.8. The standard InChI is InChI=1S/C31H25N9O5/c32-25-26(28(43)27(25)42)40-11-18-7-15(1-4-20(18)24(41)12-40)10-33-30(44)22-9-23(35-13-34-22)31(45)38-21-6-3-16-8-17(2-5-19(16)21)29-36-14-37-39-29/h1-2,4-5,7-9,13-14,21H,3,6,10-12,32H2,(H,33,44)(H,38,45)(H,36,37,39)/t21-/m0/s1. The summed E-state index contributed by atoms with van der Waals surface area (Å²) in [5.74, 6) is -0.461. The van der Waals surface area contributed by atoms with Gasteiger partial charge < -0.3 is 21.3 Å². The molecule has 2 aromatic heterocycles. The molecule has 14 heteroatoms. The number of H-pyrrole nitrogens is 1. The molecule has 2 amide bonds. The van der Waals surface area contributed by atoms with Crippen LogP contribution in [0, 0.1) is 0 Å². The van der Waals surface area contributed by atoms with Gasteiger partial charge in [-0.05, 0) is 41.2 Å². The Hall–Kier alpha value is -6.05. The highest BCUT2D eigenvalue weighted by Gasteiger charge is 2.30. The fraction of sp³-hybridized carbons (Fsp3) is 0.194.